The SMILES string of the molecule is Cc1oc2c(ccc3ccccc32)c1NOS(C)(=O)=O. The number of aryl methyl sites for hydroxylation is 1. The first-order chi connectivity index (χ1) is 9.46. The molecule has 0 radical (unpaired) electrons. The molecule has 0 amide bonds. The Morgan fingerprint density at radius 1 is 1.10 bits per heavy atom. The van der Waals surface area contributed by atoms with Crippen molar-refractivity contribution in [2.75, 3.05) is 11.7 Å². The Morgan fingerprint density at radius 2 is 1.85 bits per heavy atom. The summed E-state index contributed by atoms with van der Waals surface area (Å²) >= 11 is 0. The summed E-state index contributed by atoms with van der Waals surface area (Å²) in [6.45, 7) is 1.75. The van der Waals surface area contributed by atoms with Gasteiger partial charge in [-0.3, -0.25) is 0 Å². The van der Waals surface area contributed by atoms with Crippen LogP contribution in [0.5, 0.6) is 0 Å². The van der Waals surface area contributed by atoms with E-state index in [4.69, 9.17) is 4.42 Å². The second kappa shape index (κ2) is 4.50. The second-order valence-electron chi connectivity index (χ2n) is 4.59. The van der Waals surface area contributed by atoms with Crippen LogP contribution >= 0.6 is 0 Å². The molecule has 2 aromatic carbocycles. The summed E-state index contributed by atoms with van der Waals surface area (Å²) < 4.78 is 32.5. The van der Waals surface area contributed by atoms with E-state index in [1.54, 1.807) is 6.92 Å². The molecule has 1 heterocycles. The van der Waals surface area contributed by atoms with Gasteiger partial charge in [0.15, 0.2) is 0 Å². The first kappa shape index (κ1) is 13.0. The highest BCUT2D eigenvalue weighted by Gasteiger charge is 2.15. The molecule has 0 aliphatic rings. The van der Waals surface area contributed by atoms with Crippen LogP contribution in [0.15, 0.2) is 40.8 Å². The Labute approximate surface area is 116 Å². The lowest BCUT2D eigenvalue weighted by Crippen LogP contribution is -2.09. The lowest BCUT2D eigenvalue weighted by molar-refractivity contribution is 0.394. The zero-order valence-corrected chi connectivity index (χ0v) is 11.8. The van der Waals surface area contributed by atoms with Crippen LogP contribution in [-0.2, 0) is 14.4 Å². The molecule has 1 aromatic heterocycles. The molecule has 0 spiro atoms. The fourth-order valence-corrected chi connectivity index (χ4v) is 2.42. The summed E-state index contributed by atoms with van der Waals surface area (Å²) in [6.07, 6.45) is 0.979. The molecule has 0 aliphatic heterocycles. The van der Waals surface area contributed by atoms with Crippen molar-refractivity contribution in [2.45, 2.75) is 6.92 Å². The maximum Gasteiger partial charge on any atom is 0.284 e. The third-order valence-electron chi connectivity index (χ3n) is 3.05. The molecule has 6 heteroatoms. The number of rotatable bonds is 3. The molecule has 3 aromatic rings. The van der Waals surface area contributed by atoms with Crippen LogP contribution in [0, 0.1) is 6.92 Å². The van der Waals surface area contributed by atoms with Crippen molar-refractivity contribution in [2.24, 2.45) is 0 Å². The molecule has 0 aliphatic carbocycles. The average Bonchev–Trinajstić information content (AvgIpc) is 2.71. The third-order valence-corrected chi connectivity index (χ3v) is 3.44. The minimum atomic E-state index is -3.58. The summed E-state index contributed by atoms with van der Waals surface area (Å²) in [6, 6.07) is 11.7. The van der Waals surface area contributed by atoms with Gasteiger partial charge in [0, 0.05) is 10.8 Å². The van der Waals surface area contributed by atoms with Crippen molar-refractivity contribution in [1.82, 2.24) is 0 Å². The summed E-state index contributed by atoms with van der Waals surface area (Å²) in [5, 5.41) is 2.81. The van der Waals surface area contributed by atoms with Gasteiger partial charge in [0.1, 0.15) is 17.0 Å². The Morgan fingerprint density at radius 3 is 2.60 bits per heavy atom. The lowest BCUT2D eigenvalue weighted by Gasteiger charge is -2.03. The first-order valence-electron chi connectivity index (χ1n) is 6.01. The predicted molar refractivity (Wildman–Crippen MR) is 78.0 cm³/mol. The van der Waals surface area contributed by atoms with E-state index in [1.807, 2.05) is 36.4 Å². The van der Waals surface area contributed by atoms with E-state index in [9.17, 15) is 8.42 Å². The number of fused-ring (bicyclic) bond motifs is 3. The first-order valence-corrected chi connectivity index (χ1v) is 7.83. The van der Waals surface area contributed by atoms with Gasteiger partial charge >= 0.3 is 0 Å². The number of hydrogen-bond donors (Lipinski definition) is 1. The number of nitrogens with one attached hydrogen (secondary N) is 1. The Hall–Kier alpha value is -2.05. The minimum Gasteiger partial charge on any atom is -0.458 e. The topological polar surface area (TPSA) is 68.5 Å². The van der Waals surface area contributed by atoms with Crippen LogP contribution in [0.3, 0.4) is 0 Å². The van der Waals surface area contributed by atoms with Crippen LogP contribution in [0.1, 0.15) is 5.76 Å². The fourth-order valence-electron chi connectivity index (χ4n) is 2.19. The monoisotopic (exact) mass is 291 g/mol. The van der Waals surface area contributed by atoms with E-state index in [0.717, 1.165) is 22.4 Å². The third kappa shape index (κ3) is 2.23. The summed E-state index contributed by atoms with van der Waals surface area (Å²) in [4.78, 5) is 0. The number of hydrogen-bond acceptors (Lipinski definition) is 5. The maximum atomic E-state index is 11.1. The summed E-state index contributed by atoms with van der Waals surface area (Å²) in [5.41, 5.74) is 3.69. The number of anilines is 1. The highest BCUT2D eigenvalue weighted by molar-refractivity contribution is 7.86. The van der Waals surface area contributed by atoms with Gasteiger partial charge in [0.05, 0.1) is 6.26 Å². The van der Waals surface area contributed by atoms with Crippen molar-refractivity contribution in [1.29, 1.82) is 0 Å². The minimum absolute atomic E-state index is 0.524. The smallest absolute Gasteiger partial charge is 0.284 e. The highest BCUT2D eigenvalue weighted by Crippen LogP contribution is 2.35. The van der Waals surface area contributed by atoms with Gasteiger partial charge in [-0.2, -0.15) is 12.7 Å². The largest absolute Gasteiger partial charge is 0.458 e. The van der Waals surface area contributed by atoms with E-state index in [1.165, 1.54) is 0 Å². The normalized spacial score (nSPS) is 12.1. The zero-order chi connectivity index (χ0) is 14.3. The predicted octanol–water partition coefficient (Wildman–Crippen LogP) is 3.20. The van der Waals surface area contributed by atoms with Gasteiger partial charge in [0.25, 0.3) is 10.1 Å². The Bertz CT molecular complexity index is 896. The second-order valence-corrected chi connectivity index (χ2v) is 6.16. The quantitative estimate of drug-likeness (QED) is 0.750. The van der Waals surface area contributed by atoms with Crippen molar-refractivity contribution in [3.05, 3.63) is 42.2 Å². The van der Waals surface area contributed by atoms with Crippen LogP contribution in [0.2, 0.25) is 0 Å². The average molecular weight is 291 g/mol. The fraction of sp³-hybridized carbons (Fsp3) is 0.143. The molecular formula is C14H13NO4S. The van der Waals surface area contributed by atoms with E-state index in [-0.39, 0.29) is 0 Å². The lowest BCUT2D eigenvalue weighted by atomic mass is 10.1. The van der Waals surface area contributed by atoms with Gasteiger partial charge in [-0.1, -0.05) is 30.3 Å². The van der Waals surface area contributed by atoms with Crippen LogP contribution < -0.4 is 5.48 Å². The van der Waals surface area contributed by atoms with Crippen LogP contribution in [0.25, 0.3) is 21.7 Å². The van der Waals surface area contributed by atoms with Crippen molar-refractivity contribution < 1.29 is 17.1 Å². The number of furan rings is 1. The van der Waals surface area contributed by atoms with Gasteiger partial charge in [0.2, 0.25) is 0 Å². The molecule has 0 unspecified atom stereocenters. The molecule has 0 saturated heterocycles. The molecule has 3 rings (SSSR count). The molecule has 104 valence electrons. The zero-order valence-electron chi connectivity index (χ0n) is 11.0. The van der Waals surface area contributed by atoms with E-state index in [2.05, 4.69) is 9.76 Å². The maximum absolute atomic E-state index is 11.1. The molecular weight excluding hydrogens is 278 g/mol. The molecule has 0 atom stereocenters. The van der Waals surface area contributed by atoms with Crippen LogP contribution in [-0.4, -0.2) is 14.7 Å². The Balaban J connectivity index is 2.19. The van der Waals surface area contributed by atoms with Crippen molar-refractivity contribution in [3.8, 4) is 0 Å². The molecule has 1 N–H and O–H groups in total. The van der Waals surface area contributed by atoms with Gasteiger partial charge in [-0.15, -0.1) is 0 Å². The van der Waals surface area contributed by atoms with E-state index >= 15 is 0 Å². The van der Waals surface area contributed by atoms with Crippen molar-refractivity contribution >= 4 is 37.5 Å². The van der Waals surface area contributed by atoms with Crippen LogP contribution in [0.4, 0.5) is 5.69 Å². The highest BCUT2D eigenvalue weighted by atomic mass is 32.2. The van der Waals surface area contributed by atoms with E-state index in [0.29, 0.717) is 17.0 Å². The van der Waals surface area contributed by atoms with E-state index < -0.39 is 10.1 Å². The Kier molecular flexibility index (Phi) is 2.92. The molecule has 0 fully saturated rings. The molecule has 0 bridgehead atoms. The van der Waals surface area contributed by atoms with Crippen molar-refractivity contribution in [3.63, 3.8) is 0 Å². The van der Waals surface area contributed by atoms with Gasteiger partial charge < -0.3 is 4.42 Å². The summed E-state index contributed by atoms with van der Waals surface area (Å²) in [5.74, 6) is 0.569. The van der Waals surface area contributed by atoms with Gasteiger partial charge in [-0.05, 0) is 18.4 Å². The molecule has 5 nitrogen and oxygen atoms in total. The number of benzene rings is 2. The standard InChI is InChI=1S/C14H13NO4S/c1-9-13(15-19-20(2,16)17)12-8-7-10-5-3-4-6-11(10)14(12)18-9/h3-8,15H,1-2H3. The molecule has 20 heavy (non-hydrogen) atoms. The summed E-state index contributed by atoms with van der Waals surface area (Å²) in [7, 11) is -3.58. The van der Waals surface area contributed by atoms with Gasteiger partial charge in [-0.25, -0.2) is 5.48 Å². The molecule has 0 saturated carbocycles.